The van der Waals surface area contributed by atoms with Crippen molar-refractivity contribution in [3.63, 3.8) is 0 Å². The third-order valence-electron chi connectivity index (χ3n) is 11.5. The van der Waals surface area contributed by atoms with E-state index >= 15 is 0 Å². The molecule has 0 amide bonds. The first-order valence-corrected chi connectivity index (χ1v) is 19.8. The second kappa shape index (κ2) is 14.1. The highest BCUT2D eigenvalue weighted by Crippen LogP contribution is 2.40. The van der Waals surface area contributed by atoms with Crippen LogP contribution in [0.1, 0.15) is 0 Å². The summed E-state index contributed by atoms with van der Waals surface area (Å²) in [6.45, 7) is 0. The van der Waals surface area contributed by atoms with Crippen molar-refractivity contribution in [2.75, 3.05) is 4.90 Å². The molecule has 0 spiro atoms. The fourth-order valence-electron chi connectivity index (χ4n) is 8.47. The number of hydrogen-bond donors (Lipinski definition) is 0. The first-order valence-electron chi connectivity index (χ1n) is 19.8. The van der Waals surface area contributed by atoms with Gasteiger partial charge >= 0.3 is 0 Å². The SMILES string of the molecule is c1cc(-c2ccc3oc4ccccc4c3c2)cc(N(c2ccc(-c3ccc(-c4cccc5ccccc45)cc3)cc2)c2ccc(-c3ccc4ccccc4c3)cc2)c1. The second-order valence-electron chi connectivity index (χ2n) is 15.0. The van der Waals surface area contributed by atoms with Crippen LogP contribution in [-0.2, 0) is 0 Å². The van der Waals surface area contributed by atoms with Gasteiger partial charge in [-0.3, -0.25) is 0 Å². The summed E-state index contributed by atoms with van der Waals surface area (Å²) in [6, 6.07) is 80.8. The smallest absolute Gasteiger partial charge is 0.135 e. The normalized spacial score (nSPS) is 11.4. The van der Waals surface area contributed by atoms with Gasteiger partial charge in [0.2, 0.25) is 0 Å². The van der Waals surface area contributed by atoms with Crippen molar-refractivity contribution in [1.82, 2.24) is 0 Å². The molecule has 0 N–H and O–H groups in total. The highest BCUT2D eigenvalue weighted by Gasteiger charge is 2.16. The Kier molecular flexibility index (Phi) is 8.19. The Bertz CT molecular complexity index is 3260. The summed E-state index contributed by atoms with van der Waals surface area (Å²) in [5.41, 5.74) is 14.6. The van der Waals surface area contributed by atoms with Crippen molar-refractivity contribution in [3.8, 4) is 44.5 Å². The maximum Gasteiger partial charge on any atom is 0.135 e. The molecule has 0 saturated heterocycles. The number of rotatable bonds is 7. The molecular formula is C56H37NO. The molecule has 0 aliphatic carbocycles. The van der Waals surface area contributed by atoms with Gasteiger partial charge < -0.3 is 9.32 Å². The molecule has 10 aromatic carbocycles. The van der Waals surface area contributed by atoms with E-state index in [1.807, 2.05) is 12.1 Å². The third-order valence-corrected chi connectivity index (χ3v) is 11.5. The van der Waals surface area contributed by atoms with E-state index in [4.69, 9.17) is 4.42 Å². The van der Waals surface area contributed by atoms with Crippen molar-refractivity contribution in [2.24, 2.45) is 0 Å². The summed E-state index contributed by atoms with van der Waals surface area (Å²) in [5, 5.41) is 7.27. The van der Waals surface area contributed by atoms with Gasteiger partial charge in [-0.25, -0.2) is 0 Å². The molecule has 272 valence electrons. The lowest BCUT2D eigenvalue weighted by Crippen LogP contribution is -2.10. The zero-order chi connectivity index (χ0) is 38.4. The molecule has 1 aromatic heterocycles. The van der Waals surface area contributed by atoms with E-state index in [1.54, 1.807) is 0 Å². The first-order chi connectivity index (χ1) is 28.7. The Morgan fingerprint density at radius 1 is 0.259 bits per heavy atom. The number of fused-ring (bicyclic) bond motifs is 5. The summed E-state index contributed by atoms with van der Waals surface area (Å²) in [7, 11) is 0. The molecule has 0 fully saturated rings. The van der Waals surface area contributed by atoms with E-state index in [-0.39, 0.29) is 0 Å². The molecule has 0 aliphatic heterocycles. The Labute approximate surface area is 337 Å². The number of para-hydroxylation sites is 1. The van der Waals surface area contributed by atoms with Crippen LogP contribution in [-0.4, -0.2) is 0 Å². The molecular weight excluding hydrogens is 703 g/mol. The van der Waals surface area contributed by atoms with Gasteiger partial charge in [0, 0.05) is 27.8 Å². The van der Waals surface area contributed by atoms with Crippen LogP contribution >= 0.6 is 0 Å². The van der Waals surface area contributed by atoms with E-state index in [0.29, 0.717) is 0 Å². The fraction of sp³-hybridized carbons (Fsp3) is 0. The fourth-order valence-corrected chi connectivity index (χ4v) is 8.47. The van der Waals surface area contributed by atoms with Crippen molar-refractivity contribution < 1.29 is 4.42 Å². The molecule has 0 radical (unpaired) electrons. The van der Waals surface area contributed by atoms with Gasteiger partial charge in [-0.15, -0.1) is 0 Å². The number of benzene rings is 10. The summed E-state index contributed by atoms with van der Waals surface area (Å²) in [6.07, 6.45) is 0. The van der Waals surface area contributed by atoms with Crippen LogP contribution in [0.15, 0.2) is 229 Å². The number of anilines is 3. The minimum Gasteiger partial charge on any atom is -0.456 e. The van der Waals surface area contributed by atoms with Gasteiger partial charge in [-0.1, -0.05) is 164 Å². The maximum atomic E-state index is 6.16. The van der Waals surface area contributed by atoms with Crippen molar-refractivity contribution in [1.29, 1.82) is 0 Å². The molecule has 11 aromatic rings. The average molecular weight is 740 g/mol. The minimum absolute atomic E-state index is 0.900. The maximum absolute atomic E-state index is 6.16. The van der Waals surface area contributed by atoms with Crippen molar-refractivity contribution in [2.45, 2.75) is 0 Å². The predicted molar refractivity (Wildman–Crippen MR) is 245 cm³/mol. The van der Waals surface area contributed by atoms with Crippen LogP contribution < -0.4 is 4.90 Å². The van der Waals surface area contributed by atoms with E-state index in [0.717, 1.165) is 50.1 Å². The van der Waals surface area contributed by atoms with Gasteiger partial charge in [-0.05, 0) is 127 Å². The predicted octanol–water partition coefficient (Wildman–Crippen LogP) is 16.0. The quantitative estimate of drug-likeness (QED) is 0.162. The standard InChI is InChI=1S/C56H37NO/c1-2-11-44-35-46(24-21-38(44)9-1)41-27-32-49(33-28-41)57(50-14-7-13-45(36-50)47-29-34-56-54(37-47)53-16-5-6-18-55(53)58-56)48-30-25-40(26-31-48)39-19-22-43(23-20-39)52-17-8-12-42-10-3-4-15-51(42)52/h1-37H. The van der Waals surface area contributed by atoms with E-state index in [1.165, 1.54) is 54.9 Å². The Balaban J connectivity index is 0.963. The molecule has 0 atom stereocenters. The largest absolute Gasteiger partial charge is 0.456 e. The van der Waals surface area contributed by atoms with Gasteiger partial charge in [0.25, 0.3) is 0 Å². The Morgan fingerprint density at radius 2 is 0.776 bits per heavy atom. The van der Waals surface area contributed by atoms with Crippen molar-refractivity contribution in [3.05, 3.63) is 224 Å². The molecule has 0 unspecified atom stereocenters. The monoisotopic (exact) mass is 739 g/mol. The molecule has 58 heavy (non-hydrogen) atoms. The second-order valence-corrected chi connectivity index (χ2v) is 15.0. The zero-order valence-electron chi connectivity index (χ0n) is 31.7. The number of nitrogens with zero attached hydrogens (tertiary/aromatic N) is 1. The lowest BCUT2D eigenvalue weighted by atomic mass is 9.96. The minimum atomic E-state index is 0.900. The lowest BCUT2D eigenvalue weighted by molar-refractivity contribution is 0.669. The molecule has 0 bridgehead atoms. The van der Waals surface area contributed by atoms with E-state index < -0.39 is 0 Å². The topological polar surface area (TPSA) is 16.4 Å². The van der Waals surface area contributed by atoms with Crippen LogP contribution in [0.5, 0.6) is 0 Å². The highest BCUT2D eigenvalue weighted by atomic mass is 16.3. The molecule has 0 saturated carbocycles. The Morgan fingerprint density at radius 3 is 1.55 bits per heavy atom. The van der Waals surface area contributed by atoms with Crippen LogP contribution in [0.4, 0.5) is 17.1 Å². The summed E-state index contributed by atoms with van der Waals surface area (Å²) in [5.74, 6) is 0. The zero-order valence-corrected chi connectivity index (χ0v) is 31.7. The number of furan rings is 1. The molecule has 0 aliphatic rings. The van der Waals surface area contributed by atoms with Gasteiger partial charge in [0.1, 0.15) is 11.2 Å². The van der Waals surface area contributed by atoms with Crippen LogP contribution in [0.2, 0.25) is 0 Å². The van der Waals surface area contributed by atoms with Gasteiger partial charge in [0.15, 0.2) is 0 Å². The molecule has 2 heteroatoms. The third kappa shape index (κ3) is 6.09. The summed E-state index contributed by atoms with van der Waals surface area (Å²) < 4.78 is 6.16. The van der Waals surface area contributed by atoms with E-state index in [2.05, 4.69) is 217 Å². The summed E-state index contributed by atoms with van der Waals surface area (Å²) in [4.78, 5) is 2.35. The highest BCUT2D eigenvalue weighted by molar-refractivity contribution is 6.06. The van der Waals surface area contributed by atoms with Crippen LogP contribution in [0.3, 0.4) is 0 Å². The van der Waals surface area contributed by atoms with Crippen molar-refractivity contribution >= 4 is 60.5 Å². The van der Waals surface area contributed by atoms with E-state index in [9.17, 15) is 0 Å². The summed E-state index contributed by atoms with van der Waals surface area (Å²) >= 11 is 0. The van der Waals surface area contributed by atoms with Crippen LogP contribution in [0.25, 0.3) is 88.0 Å². The Hall–Kier alpha value is -7.68. The van der Waals surface area contributed by atoms with Gasteiger partial charge in [0.05, 0.1) is 0 Å². The van der Waals surface area contributed by atoms with Crippen LogP contribution in [0, 0.1) is 0 Å². The number of hydrogen-bond acceptors (Lipinski definition) is 2. The molecule has 1 heterocycles. The molecule has 2 nitrogen and oxygen atoms in total. The van der Waals surface area contributed by atoms with Gasteiger partial charge in [-0.2, -0.15) is 0 Å². The average Bonchev–Trinajstić information content (AvgIpc) is 3.67. The molecule has 11 rings (SSSR count). The first kappa shape index (κ1) is 33.6. The lowest BCUT2D eigenvalue weighted by Gasteiger charge is -2.26.